The smallest absolute Gasteiger partial charge is 0.357 e. The van der Waals surface area contributed by atoms with Crippen LogP contribution in [-0.4, -0.2) is 36.3 Å². The van der Waals surface area contributed by atoms with Gasteiger partial charge in [-0.1, -0.05) is 18.1 Å². The molecule has 1 heterocycles. The second kappa shape index (κ2) is 10.5. The Labute approximate surface area is 197 Å². The monoisotopic (exact) mass is 459 g/mol. The van der Waals surface area contributed by atoms with E-state index in [-0.39, 0.29) is 43.3 Å². The Kier molecular flexibility index (Phi) is 7.45. The van der Waals surface area contributed by atoms with Crippen molar-refractivity contribution in [2.24, 2.45) is 0 Å². The largest absolute Gasteiger partial charge is 0.481 e. The first-order chi connectivity index (χ1) is 16.4. The fraction of sp³-hybridized carbons (Fsp3) is 0.269. The summed E-state index contributed by atoms with van der Waals surface area (Å²) < 4.78 is 17.1. The number of aromatic nitrogens is 1. The number of fused-ring (bicyclic) bond motifs is 1. The number of esters is 2. The Morgan fingerprint density at radius 3 is 2.41 bits per heavy atom. The number of terminal acetylenes is 1. The van der Waals surface area contributed by atoms with Crippen LogP contribution < -0.4 is 10.5 Å². The van der Waals surface area contributed by atoms with Crippen molar-refractivity contribution in [2.45, 2.75) is 27.3 Å². The summed E-state index contributed by atoms with van der Waals surface area (Å²) in [5.74, 6) is 1.76. The number of anilines is 1. The lowest BCUT2D eigenvalue weighted by atomic mass is 9.93. The Morgan fingerprint density at radius 2 is 1.82 bits per heavy atom. The minimum absolute atomic E-state index is 0.0102. The number of nitrogens with two attached hydrogens (primary N) is 1. The summed E-state index contributed by atoms with van der Waals surface area (Å²) in [6.07, 6.45) is 5.24. The SMILES string of the molecule is C#CCOc1ccc(-c2c(C)cc3c(N)c(C(=O)OCC)n(CC(=O)OCC)c3c2C#N)cc1. The highest BCUT2D eigenvalue weighted by Crippen LogP contribution is 2.39. The van der Waals surface area contributed by atoms with Crippen molar-refractivity contribution >= 4 is 28.5 Å². The third kappa shape index (κ3) is 4.53. The van der Waals surface area contributed by atoms with E-state index in [0.717, 1.165) is 11.1 Å². The van der Waals surface area contributed by atoms with Gasteiger partial charge in [0.25, 0.3) is 0 Å². The van der Waals surface area contributed by atoms with Crippen LogP contribution in [0.5, 0.6) is 5.75 Å². The third-order valence-corrected chi connectivity index (χ3v) is 5.22. The summed E-state index contributed by atoms with van der Waals surface area (Å²) in [4.78, 5) is 25.2. The Bertz CT molecular complexity index is 1320. The average molecular weight is 460 g/mol. The van der Waals surface area contributed by atoms with Gasteiger partial charge in [0.05, 0.1) is 30.0 Å². The number of hydrogen-bond acceptors (Lipinski definition) is 7. The van der Waals surface area contributed by atoms with Gasteiger partial charge in [-0.05, 0) is 50.1 Å². The number of carbonyl (C=O) groups is 2. The van der Waals surface area contributed by atoms with E-state index in [0.29, 0.717) is 22.2 Å². The van der Waals surface area contributed by atoms with E-state index >= 15 is 0 Å². The third-order valence-electron chi connectivity index (χ3n) is 5.22. The number of nitrogen functional groups attached to an aromatic ring is 1. The molecule has 8 nitrogen and oxygen atoms in total. The molecule has 2 aromatic carbocycles. The van der Waals surface area contributed by atoms with Crippen molar-refractivity contribution in [3.63, 3.8) is 0 Å². The summed E-state index contributed by atoms with van der Waals surface area (Å²) >= 11 is 0. The van der Waals surface area contributed by atoms with Crippen LogP contribution in [0.2, 0.25) is 0 Å². The molecule has 8 heteroatoms. The molecule has 1 aromatic heterocycles. The van der Waals surface area contributed by atoms with Crippen LogP contribution >= 0.6 is 0 Å². The molecule has 0 atom stereocenters. The van der Waals surface area contributed by atoms with Crippen LogP contribution in [0, 0.1) is 30.6 Å². The second-order valence-electron chi connectivity index (χ2n) is 7.34. The van der Waals surface area contributed by atoms with Gasteiger partial charge in [0, 0.05) is 10.9 Å². The molecule has 2 N–H and O–H groups in total. The number of ether oxygens (including phenoxy) is 3. The average Bonchev–Trinajstić information content (AvgIpc) is 3.08. The second-order valence-corrected chi connectivity index (χ2v) is 7.34. The van der Waals surface area contributed by atoms with Gasteiger partial charge >= 0.3 is 11.9 Å². The summed E-state index contributed by atoms with van der Waals surface area (Å²) in [6.45, 7) is 5.35. The molecule has 0 spiro atoms. The molecule has 0 aliphatic heterocycles. The van der Waals surface area contributed by atoms with E-state index in [1.807, 2.05) is 19.1 Å². The minimum Gasteiger partial charge on any atom is -0.481 e. The lowest BCUT2D eigenvalue weighted by Gasteiger charge is -2.14. The molecule has 174 valence electrons. The van der Waals surface area contributed by atoms with Gasteiger partial charge in [-0.3, -0.25) is 4.79 Å². The van der Waals surface area contributed by atoms with Crippen LogP contribution in [0.15, 0.2) is 30.3 Å². The molecule has 0 amide bonds. The molecule has 0 saturated carbocycles. The normalized spacial score (nSPS) is 10.4. The quantitative estimate of drug-likeness (QED) is 0.402. The molecule has 3 aromatic rings. The number of benzene rings is 2. The maximum atomic E-state index is 12.8. The first-order valence-electron chi connectivity index (χ1n) is 10.7. The zero-order valence-electron chi connectivity index (χ0n) is 19.3. The maximum absolute atomic E-state index is 12.8. The standard InChI is InChI=1S/C26H25N3O5/c1-5-12-34-18-10-8-17(9-11-18)22-16(4)13-19-23(28)25(26(31)33-7-3)29(15-21(30)32-6-2)24(19)20(22)14-27/h1,8-11,13H,6-7,12,15,28H2,2-4H3. The minimum atomic E-state index is -0.682. The Hall–Kier alpha value is -4.43. The van der Waals surface area contributed by atoms with E-state index in [9.17, 15) is 14.9 Å². The molecule has 0 aliphatic carbocycles. The van der Waals surface area contributed by atoms with Crippen LogP contribution in [0.25, 0.3) is 22.0 Å². The number of hydrogen-bond donors (Lipinski definition) is 1. The van der Waals surface area contributed by atoms with Crippen LogP contribution in [0.1, 0.15) is 35.5 Å². The number of rotatable bonds is 8. The molecule has 3 rings (SSSR count). The van der Waals surface area contributed by atoms with E-state index in [1.54, 1.807) is 32.0 Å². The van der Waals surface area contributed by atoms with E-state index in [2.05, 4.69) is 12.0 Å². The predicted octanol–water partition coefficient (Wildman–Crippen LogP) is 3.82. The molecule has 0 unspecified atom stereocenters. The van der Waals surface area contributed by atoms with Crippen molar-refractivity contribution in [1.29, 1.82) is 5.26 Å². The molecule has 34 heavy (non-hydrogen) atoms. The van der Waals surface area contributed by atoms with Gasteiger partial charge < -0.3 is 24.5 Å². The summed E-state index contributed by atoms with van der Waals surface area (Å²) in [5, 5.41) is 10.7. The predicted molar refractivity (Wildman–Crippen MR) is 128 cm³/mol. The molecule has 0 aliphatic rings. The number of carbonyl (C=O) groups excluding carboxylic acids is 2. The zero-order chi connectivity index (χ0) is 24.8. The fourth-order valence-electron chi connectivity index (χ4n) is 3.91. The van der Waals surface area contributed by atoms with E-state index in [4.69, 9.17) is 26.4 Å². The molecular formula is C26H25N3O5. The highest BCUT2D eigenvalue weighted by molar-refractivity contribution is 6.10. The first-order valence-corrected chi connectivity index (χ1v) is 10.7. The Morgan fingerprint density at radius 1 is 1.15 bits per heavy atom. The highest BCUT2D eigenvalue weighted by Gasteiger charge is 2.28. The molecular weight excluding hydrogens is 434 g/mol. The molecule has 0 bridgehead atoms. The zero-order valence-corrected chi connectivity index (χ0v) is 19.3. The van der Waals surface area contributed by atoms with Crippen molar-refractivity contribution in [1.82, 2.24) is 4.57 Å². The van der Waals surface area contributed by atoms with E-state index in [1.165, 1.54) is 4.57 Å². The van der Waals surface area contributed by atoms with Crippen LogP contribution in [0.3, 0.4) is 0 Å². The summed E-state index contributed by atoms with van der Waals surface area (Å²) in [5.41, 5.74) is 9.32. The van der Waals surface area contributed by atoms with Crippen LogP contribution in [0.4, 0.5) is 5.69 Å². The topological polar surface area (TPSA) is 117 Å². The maximum Gasteiger partial charge on any atom is 0.357 e. The van der Waals surface area contributed by atoms with Gasteiger partial charge in [-0.2, -0.15) is 5.26 Å². The Balaban J connectivity index is 2.30. The summed E-state index contributed by atoms with van der Waals surface area (Å²) in [6, 6.07) is 11.2. The van der Waals surface area contributed by atoms with Gasteiger partial charge in [-0.25, -0.2) is 4.79 Å². The van der Waals surface area contributed by atoms with Crippen molar-refractivity contribution in [3.8, 4) is 35.3 Å². The van der Waals surface area contributed by atoms with Gasteiger partial charge in [-0.15, -0.1) is 6.42 Å². The van der Waals surface area contributed by atoms with Gasteiger partial charge in [0.1, 0.15) is 25.0 Å². The number of nitrogens with zero attached hydrogens (tertiary/aromatic N) is 2. The lowest BCUT2D eigenvalue weighted by Crippen LogP contribution is -2.20. The van der Waals surface area contributed by atoms with Crippen molar-refractivity contribution in [3.05, 3.63) is 47.2 Å². The van der Waals surface area contributed by atoms with Crippen molar-refractivity contribution < 1.29 is 23.8 Å². The molecule has 0 fully saturated rings. The highest BCUT2D eigenvalue weighted by atomic mass is 16.5. The first kappa shape index (κ1) is 24.2. The molecule has 0 radical (unpaired) electrons. The number of aryl methyl sites for hydroxylation is 1. The van der Waals surface area contributed by atoms with Crippen LogP contribution in [-0.2, 0) is 20.8 Å². The molecule has 0 saturated heterocycles. The lowest BCUT2D eigenvalue weighted by molar-refractivity contribution is -0.143. The van der Waals surface area contributed by atoms with E-state index < -0.39 is 11.9 Å². The van der Waals surface area contributed by atoms with Gasteiger partial charge in [0.15, 0.2) is 5.69 Å². The van der Waals surface area contributed by atoms with Crippen molar-refractivity contribution in [2.75, 3.05) is 25.6 Å². The van der Waals surface area contributed by atoms with Gasteiger partial charge in [0.2, 0.25) is 0 Å². The summed E-state index contributed by atoms with van der Waals surface area (Å²) in [7, 11) is 0. The fourth-order valence-corrected chi connectivity index (χ4v) is 3.91. The number of nitriles is 1.